The molecule has 6 rings (SSSR count). The minimum Gasteiger partial charge on any atom is -0.389 e. The van der Waals surface area contributed by atoms with Crippen molar-refractivity contribution in [3.8, 4) is 0 Å². The SMILES string of the molecule is CC(C)(C)[Si](C)(C)Cl.[C-]#[N+]C1=CC(C)[C@H]2O[C@@H](C)C[C@@]1(NOCc1ccccc1)C2O.[C-]#[N+]C1=CC(O)[C@H]2O[C@@H](C)C[C@@]1(NOCc1ccccc1)C2O. The Morgan fingerprint density at radius 1 is 0.759 bits per heavy atom. The van der Waals surface area contributed by atoms with Gasteiger partial charge in [0.2, 0.25) is 0 Å². The number of benzene rings is 2. The molecule has 0 aromatic heterocycles. The van der Waals surface area contributed by atoms with E-state index in [2.05, 4.69) is 54.5 Å². The number of hydroxylamine groups is 2. The molecule has 294 valence electrons. The lowest BCUT2D eigenvalue weighted by Crippen LogP contribution is -2.68. The van der Waals surface area contributed by atoms with Crippen molar-refractivity contribution < 1.29 is 34.5 Å². The molecule has 11 nitrogen and oxygen atoms in total. The molecular weight excluding hydrogens is 724 g/mol. The highest BCUT2D eigenvalue weighted by Gasteiger charge is 2.57. The molecule has 2 aromatic rings. The van der Waals surface area contributed by atoms with Gasteiger partial charge in [0.25, 0.3) is 0 Å². The lowest BCUT2D eigenvalue weighted by molar-refractivity contribution is -0.206. The van der Waals surface area contributed by atoms with Gasteiger partial charge < -0.3 is 24.8 Å². The third-order valence-corrected chi connectivity index (χ3v) is 16.1. The lowest BCUT2D eigenvalue weighted by atomic mass is 9.71. The van der Waals surface area contributed by atoms with Crippen molar-refractivity contribution in [1.82, 2.24) is 11.0 Å². The average molecular weight is 781 g/mol. The van der Waals surface area contributed by atoms with Gasteiger partial charge in [-0.2, -0.15) is 22.0 Å². The second-order valence-corrected chi connectivity index (χ2v) is 23.5. The fourth-order valence-corrected chi connectivity index (χ4v) is 6.81. The van der Waals surface area contributed by atoms with Crippen LogP contribution < -0.4 is 11.0 Å². The van der Waals surface area contributed by atoms with E-state index in [4.69, 9.17) is 43.4 Å². The highest BCUT2D eigenvalue weighted by atomic mass is 35.6. The van der Waals surface area contributed by atoms with Gasteiger partial charge in [-0.1, -0.05) is 114 Å². The number of aliphatic hydroxyl groups excluding tert-OH is 3. The van der Waals surface area contributed by atoms with Gasteiger partial charge in [-0.3, -0.25) is 9.68 Å². The fraction of sp³-hybridized carbons (Fsp3) is 0.561. The second-order valence-electron chi connectivity index (χ2n) is 16.2. The predicted molar refractivity (Wildman–Crippen MR) is 212 cm³/mol. The van der Waals surface area contributed by atoms with Crippen molar-refractivity contribution >= 4 is 18.5 Å². The molecule has 54 heavy (non-hydrogen) atoms. The molecule has 10 atom stereocenters. The Balaban J connectivity index is 0.000000201. The maximum Gasteiger partial charge on any atom is 0.189 e. The van der Waals surface area contributed by atoms with E-state index in [0.717, 1.165) is 11.1 Å². The van der Waals surface area contributed by atoms with Gasteiger partial charge >= 0.3 is 0 Å². The Morgan fingerprint density at radius 2 is 1.15 bits per heavy atom. The number of aliphatic hydroxyl groups is 3. The molecular formula is C41H57ClN4O7Si. The first-order chi connectivity index (χ1) is 25.4. The zero-order valence-electron chi connectivity index (χ0n) is 32.6. The van der Waals surface area contributed by atoms with Crippen molar-refractivity contribution in [1.29, 1.82) is 0 Å². The van der Waals surface area contributed by atoms with E-state index >= 15 is 0 Å². The van der Waals surface area contributed by atoms with Crippen LogP contribution in [0.1, 0.15) is 65.5 Å². The molecule has 4 bridgehead atoms. The fourth-order valence-electron chi connectivity index (χ4n) is 6.81. The summed E-state index contributed by atoms with van der Waals surface area (Å²) in [7, 11) is -1.39. The highest BCUT2D eigenvalue weighted by Crippen LogP contribution is 2.44. The molecule has 2 aliphatic carbocycles. The normalized spacial score (nSPS) is 32.9. The van der Waals surface area contributed by atoms with Crippen molar-refractivity contribution in [3.63, 3.8) is 0 Å². The Hall–Kier alpha value is -2.95. The zero-order valence-corrected chi connectivity index (χ0v) is 34.4. The second kappa shape index (κ2) is 18.3. The summed E-state index contributed by atoms with van der Waals surface area (Å²) in [4.78, 5) is 18.4. The molecule has 0 saturated carbocycles. The van der Waals surface area contributed by atoms with Gasteiger partial charge in [-0.15, -0.1) is 0 Å². The molecule has 0 amide bonds. The van der Waals surface area contributed by atoms with Crippen LogP contribution in [0.15, 0.2) is 84.2 Å². The summed E-state index contributed by atoms with van der Waals surface area (Å²) < 4.78 is 11.5. The highest BCUT2D eigenvalue weighted by molar-refractivity contribution is 7.20. The topological polar surface area (TPSA) is 130 Å². The minimum absolute atomic E-state index is 0.000832. The number of fused-ring (bicyclic) bond motifs is 4. The summed E-state index contributed by atoms with van der Waals surface area (Å²) in [6, 6.07) is 19.4. The molecule has 2 aromatic carbocycles. The smallest absolute Gasteiger partial charge is 0.189 e. The van der Waals surface area contributed by atoms with Gasteiger partial charge in [0.15, 0.2) is 18.8 Å². The number of nitrogens with zero attached hydrogens (tertiary/aromatic N) is 2. The number of nitrogens with one attached hydrogen (secondary N) is 2. The Bertz CT molecular complexity index is 1550. The van der Waals surface area contributed by atoms with Crippen molar-refractivity contribution in [3.05, 3.63) is 118 Å². The van der Waals surface area contributed by atoms with E-state index in [1.807, 2.05) is 87.5 Å². The van der Waals surface area contributed by atoms with E-state index in [-0.39, 0.29) is 29.9 Å². The molecule has 2 heterocycles. The van der Waals surface area contributed by atoms with Crippen LogP contribution in [0.25, 0.3) is 9.69 Å². The molecule has 2 fully saturated rings. The zero-order chi connectivity index (χ0) is 39.9. The van der Waals surface area contributed by atoms with E-state index in [0.29, 0.717) is 36.8 Å². The summed E-state index contributed by atoms with van der Waals surface area (Å²) in [5.74, 6) is 0.000832. The first-order valence-corrected chi connectivity index (χ1v) is 22.5. The molecule has 0 spiro atoms. The predicted octanol–water partition coefficient (Wildman–Crippen LogP) is 6.83. The quantitative estimate of drug-likeness (QED) is 0.0848. The third kappa shape index (κ3) is 10.1. The molecule has 2 saturated heterocycles. The number of halogens is 1. The molecule has 4 unspecified atom stereocenters. The van der Waals surface area contributed by atoms with Crippen molar-refractivity contribution in [2.24, 2.45) is 5.92 Å². The molecule has 2 aliphatic heterocycles. The van der Waals surface area contributed by atoms with Crippen LogP contribution in [-0.4, -0.2) is 76.5 Å². The van der Waals surface area contributed by atoms with Crippen LogP contribution in [-0.2, 0) is 32.4 Å². The Kier molecular flexibility index (Phi) is 14.9. The van der Waals surface area contributed by atoms with Crippen LogP contribution in [0.5, 0.6) is 0 Å². The summed E-state index contributed by atoms with van der Waals surface area (Å²) in [6.07, 6.45) is -0.00178. The summed E-state index contributed by atoms with van der Waals surface area (Å²) in [6.45, 7) is 32.3. The van der Waals surface area contributed by atoms with Gasteiger partial charge in [0.05, 0.1) is 63.0 Å². The van der Waals surface area contributed by atoms with Crippen LogP contribution >= 0.6 is 11.1 Å². The van der Waals surface area contributed by atoms with Gasteiger partial charge in [0.1, 0.15) is 17.2 Å². The number of rotatable bonds is 8. The average Bonchev–Trinajstić information content (AvgIpc) is 3.11. The number of ether oxygens (including phenoxy) is 2. The molecule has 5 N–H and O–H groups in total. The van der Waals surface area contributed by atoms with E-state index in [1.54, 1.807) is 0 Å². The molecule has 4 aliphatic rings. The first kappa shape index (κ1) is 43.8. The number of hydrogen-bond donors (Lipinski definition) is 5. The van der Waals surface area contributed by atoms with Crippen molar-refractivity contribution in [2.75, 3.05) is 0 Å². The van der Waals surface area contributed by atoms with E-state index in [9.17, 15) is 15.3 Å². The Labute approximate surface area is 326 Å². The molecule has 0 radical (unpaired) electrons. The standard InChI is InChI=1S/C18H22N2O3.C17H20N2O4.C6H15ClSi/c1-12-9-15(19-3)18(10-13(2)23-16(12)17(18)21)20-22-11-14-7-5-4-6-8-14;1-11-9-17(19-22-10-12-6-4-3-5-7-12)14(18-2)8-13(20)15(23-11)16(17)21;1-6(2,3)8(4,5)7/h4-9,12-13,16-17,20-21H,10-11H2,1-2H3;3-8,11,13,15-16,19-21H,9-10H2,1H3;1-5H3/t12?,13-,16+,17?,18-;11-,13?,15+,16?,17-;/m00./s1. The minimum atomic E-state index is -1.39. The Morgan fingerprint density at radius 3 is 1.56 bits per heavy atom. The van der Waals surface area contributed by atoms with Crippen LogP contribution in [0.4, 0.5) is 0 Å². The van der Waals surface area contributed by atoms with Gasteiger partial charge in [-0.25, -0.2) is 9.69 Å². The van der Waals surface area contributed by atoms with Crippen LogP contribution in [0.2, 0.25) is 18.1 Å². The largest absolute Gasteiger partial charge is 0.389 e. The number of hydrogen-bond acceptors (Lipinski definition) is 9. The van der Waals surface area contributed by atoms with E-state index in [1.165, 1.54) is 6.08 Å². The lowest BCUT2D eigenvalue weighted by Gasteiger charge is -2.51. The first-order valence-electron chi connectivity index (χ1n) is 18.5. The third-order valence-electron chi connectivity index (χ3n) is 10.8. The summed E-state index contributed by atoms with van der Waals surface area (Å²) in [5.41, 5.74) is 6.72. The monoisotopic (exact) mass is 780 g/mol. The van der Waals surface area contributed by atoms with E-state index < -0.39 is 42.9 Å². The summed E-state index contributed by atoms with van der Waals surface area (Å²) >= 11 is 6.15. The molecule has 13 heteroatoms. The summed E-state index contributed by atoms with van der Waals surface area (Å²) in [5, 5.41) is 31.8. The van der Waals surface area contributed by atoms with Gasteiger partial charge in [-0.05, 0) is 48.8 Å². The van der Waals surface area contributed by atoms with Crippen LogP contribution in [0.3, 0.4) is 0 Å². The van der Waals surface area contributed by atoms with Gasteiger partial charge in [0, 0.05) is 0 Å². The van der Waals surface area contributed by atoms with Crippen molar-refractivity contribution in [2.45, 2.75) is 140 Å². The van der Waals surface area contributed by atoms with Crippen LogP contribution in [0, 0.1) is 19.1 Å². The maximum absolute atomic E-state index is 10.8. The maximum atomic E-state index is 10.8.